The molecule has 166 valence electrons. The van der Waals surface area contributed by atoms with Gasteiger partial charge in [-0.2, -0.15) is 4.31 Å². The second kappa shape index (κ2) is 8.93. The van der Waals surface area contributed by atoms with E-state index in [-0.39, 0.29) is 27.6 Å². The Morgan fingerprint density at radius 1 is 1.03 bits per heavy atom. The summed E-state index contributed by atoms with van der Waals surface area (Å²) in [5, 5.41) is 2.75. The molecule has 2 fully saturated rings. The van der Waals surface area contributed by atoms with Gasteiger partial charge in [-0.05, 0) is 55.7 Å². The summed E-state index contributed by atoms with van der Waals surface area (Å²) >= 11 is 1.41. The first kappa shape index (κ1) is 22.3. The highest BCUT2D eigenvalue weighted by molar-refractivity contribution is 8.02. The van der Waals surface area contributed by atoms with Crippen molar-refractivity contribution in [3.63, 3.8) is 0 Å². The quantitative estimate of drug-likeness (QED) is 0.682. The van der Waals surface area contributed by atoms with Gasteiger partial charge in [-0.25, -0.2) is 16.8 Å². The number of hydrogen-bond donors (Lipinski definition) is 1. The highest BCUT2D eigenvalue weighted by Gasteiger charge is 2.30. The number of hydrogen-bond acceptors (Lipinski definition) is 6. The van der Waals surface area contributed by atoms with Gasteiger partial charge in [-0.15, -0.1) is 11.8 Å². The highest BCUT2D eigenvalue weighted by Crippen LogP contribution is 2.33. The summed E-state index contributed by atoms with van der Waals surface area (Å²) in [5.41, 5.74) is 0.958. The molecule has 2 aromatic carbocycles. The van der Waals surface area contributed by atoms with Crippen molar-refractivity contribution in [1.82, 2.24) is 4.31 Å². The lowest BCUT2D eigenvalue weighted by Gasteiger charge is -2.16. The van der Waals surface area contributed by atoms with Crippen LogP contribution in [0.15, 0.2) is 58.3 Å². The average molecular weight is 481 g/mol. The Labute approximate surface area is 187 Å². The van der Waals surface area contributed by atoms with Crippen molar-refractivity contribution in [1.29, 1.82) is 0 Å². The van der Waals surface area contributed by atoms with E-state index in [2.05, 4.69) is 5.32 Å². The maximum atomic E-state index is 12.9. The molecular formula is C21H24N2O5S3. The number of rotatable bonds is 6. The molecule has 0 spiro atoms. The van der Waals surface area contributed by atoms with Crippen molar-refractivity contribution in [2.75, 3.05) is 29.9 Å². The highest BCUT2D eigenvalue weighted by atomic mass is 32.2. The molecule has 0 unspecified atom stereocenters. The third kappa shape index (κ3) is 5.14. The number of nitrogens with one attached hydrogen (secondary N) is 1. The molecule has 4 rings (SSSR count). The minimum Gasteiger partial charge on any atom is -0.322 e. The fourth-order valence-electron chi connectivity index (χ4n) is 3.78. The number of carbonyl (C=O) groups excluding carboxylic acids is 1. The van der Waals surface area contributed by atoms with Gasteiger partial charge in [-0.1, -0.05) is 12.1 Å². The van der Waals surface area contributed by atoms with Gasteiger partial charge < -0.3 is 5.32 Å². The Kier molecular flexibility index (Phi) is 6.43. The van der Waals surface area contributed by atoms with E-state index >= 15 is 0 Å². The van der Waals surface area contributed by atoms with Crippen molar-refractivity contribution in [3.05, 3.63) is 54.1 Å². The average Bonchev–Trinajstić information content (AvgIpc) is 3.39. The van der Waals surface area contributed by atoms with Crippen LogP contribution in [0.4, 0.5) is 5.69 Å². The fourth-order valence-corrected chi connectivity index (χ4v) is 8.92. The molecule has 1 N–H and O–H groups in total. The van der Waals surface area contributed by atoms with Gasteiger partial charge >= 0.3 is 0 Å². The molecule has 0 aliphatic carbocycles. The van der Waals surface area contributed by atoms with E-state index in [1.165, 1.54) is 28.2 Å². The van der Waals surface area contributed by atoms with Crippen molar-refractivity contribution in [3.8, 4) is 0 Å². The lowest BCUT2D eigenvalue weighted by Crippen LogP contribution is -2.27. The molecule has 0 bridgehead atoms. The van der Waals surface area contributed by atoms with Crippen molar-refractivity contribution in [2.24, 2.45) is 0 Å². The van der Waals surface area contributed by atoms with Crippen LogP contribution in [-0.4, -0.2) is 56.9 Å². The van der Waals surface area contributed by atoms with E-state index in [1.54, 1.807) is 24.3 Å². The summed E-state index contributed by atoms with van der Waals surface area (Å²) in [6.45, 7) is 1.08. The van der Waals surface area contributed by atoms with Crippen LogP contribution in [0.1, 0.15) is 29.6 Å². The zero-order valence-electron chi connectivity index (χ0n) is 16.9. The summed E-state index contributed by atoms with van der Waals surface area (Å²) < 4.78 is 50.2. The molecule has 2 saturated heterocycles. The fraction of sp³-hybridized carbons (Fsp3) is 0.381. The number of anilines is 1. The third-order valence-corrected chi connectivity index (χ3v) is 10.7. The number of amides is 1. The predicted octanol–water partition coefficient (Wildman–Crippen LogP) is 3.00. The Morgan fingerprint density at radius 3 is 2.35 bits per heavy atom. The first-order valence-electron chi connectivity index (χ1n) is 10.1. The van der Waals surface area contributed by atoms with Gasteiger partial charge in [0, 0.05) is 28.9 Å². The number of thioether (sulfide) groups is 1. The molecule has 0 saturated carbocycles. The van der Waals surface area contributed by atoms with Crippen LogP contribution in [-0.2, 0) is 19.9 Å². The standard InChI is InChI=1S/C21H24N2O5S3/c24-21(19-5-1-2-6-20(19)29-17-11-14-30(25,26)15-17)22-16-7-9-18(10-8-16)31(27,28)23-12-3-4-13-23/h1-2,5-10,17H,3-4,11-15H2,(H,22,24)/t17-/m0/s1. The number of sulfone groups is 1. The van der Waals surface area contributed by atoms with E-state index in [9.17, 15) is 21.6 Å². The topological polar surface area (TPSA) is 101 Å². The van der Waals surface area contributed by atoms with Gasteiger partial charge in [0.1, 0.15) is 0 Å². The second-order valence-corrected chi connectivity index (χ2v) is 13.2. The smallest absolute Gasteiger partial charge is 0.256 e. The summed E-state index contributed by atoms with van der Waals surface area (Å²) in [6.07, 6.45) is 2.32. The molecule has 1 atom stereocenters. The maximum Gasteiger partial charge on any atom is 0.256 e. The van der Waals surface area contributed by atoms with Gasteiger partial charge in [0.2, 0.25) is 10.0 Å². The Hall–Kier alpha value is -1.88. The largest absolute Gasteiger partial charge is 0.322 e. The SMILES string of the molecule is O=C(Nc1ccc(S(=O)(=O)N2CCCC2)cc1)c1ccccc1S[C@H]1CCS(=O)(=O)C1. The Bertz CT molecular complexity index is 1170. The Morgan fingerprint density at radius 2 is 1.71 bits per heavy atom. The molecule has 2 aliphatic rings. The molecule has 2 aromatic rings. The van der Waals surface area contributed by atoms with E-state index in [0.717, 1.165) is 17.7 Å². The molecule has 0 radical (unpaired) electrons. The monoisotopic (exact) mass is 480 g/mol. The van der Waals surface area contributed by atoms with Crippen LogP contribution >= 0.6 is 11.8 Å². The minimum atomic E-state index is -3.50. The molecule has 0 aromatic heterocycles. The van der Waals surface area contributed by atoms with E-state index in [4.69, 9.17) is 0 Å². The normalized spacial score (nSPS) is 21.2. The van der Waals surface area contributed by atoms with Gasteiger partial charge in [-0.3, -0.25) is 4.79 Å². The van der Waals surface area contributed by atoms with Gasteiger partial charge in [0.15, 0.2) is 9.84 Å². The zero-order valence-corrected chi connectivity index (χ0v) is 19.3. The third-order valence-electron chi connectivity index (χ3n) is 5.43. The predicted molar refractivity (Wildman–Crippen MR) is 122 cm³/mol. The van der Waals surface area contributed by atoms with Crippen molar-refractivity contribution in [2.45, 2.75) is 34.3 Å². The molecule has 10 heteroatoms. The van der Waals surface area contributed by atoms with Gasteiger partial charge in [0.05, 0.1) is 22.0 Å². The maximum absolute atomic E-state index is 12.9. The number of carbonyl (C=O) groups is 1. The van der Waals surface area contributed by atoms with Crippen LogP contribution in [0, 0.1) is 0 Å². The summed E-state index contributed by atoms with van der Waals surface area (Å²) in [7, 11) is -6.49. The van der Waals surface area contributed by atoms with Crippen LogP contribution in [0.25, 0.3) is 0 Å². The Balaban J connectivity index is 1.46. The zero-order chi connectivity index (χ0) is 22.1. The lowest BCUT2D eigenvalue weighted by atomic mass is 10.2. The van der Waals surface area contributed by atoms with Crippen LogP contribution in [0.2, 0.25) is 0 Å². The van der Waals surface area contributed by atoms with Crippen LogP contribution < -0.4 is 5.32 Å². The number of benzene rings is 2. The van der Waals surface area contributed by atoms with Crippen LogP contribution in [0.3, 0.4) is 0 Å². The number of nitrogens with zero attached hydrogens (tertiary/aromatic N) is 1. The van der Waals surface area contributed by atoms with E-state index < -0.39 is 19.9 Å². The molecular weight excluding hydrogens is 456 g/mol. The van der Waals surface area contributed by atoms with Gasteiger partial charge in [0.25, 0.3) is 5.91 Å². The van der Waals surface area contributed by atoms with Crippen molar-refractivity contribution >= 4 is 43.2 Å². The first-order chi connectivity index (χ1) is 14.7. The summed E-state index contributed by atoms with van der Waals surface area (Å²) in [6, 6.07) is 13.3. The van der Waals surface area contributed by atoms with E-state index in [1.807, 2.05) is 12.1 Å². The molecule has 1 amide bonds. The summed E-state index contributed by atoms with van der Waals surface area (Å²) in [4.78, 5) is 13.8. The molecule has 2 aliphatic heterocycles. The first-order valence-corrected chi connectivity index (χ1v) is 14.3. The summed E-state index contributed by atoms with van der Waals surface area (Å²) in [5.74, 6) is -0.00848. The van der Waals surface area contributed by atoms with Crippen molar-refractivity contribution < 1.29 is 21.6 Å². The second-order valence-electron chi connectivity index (χ2n) is 7.73. The molecule has 7 nitrogen and oxygen atoms in total. The molecule has 2 heterocycles. The minimum absolute atomic E-state index is 0.0611. The lowest BCUT2D eigenvalue weighted by molar-refractivity contribution is 0.102. The van der Waals surface area contributed by atoms with E-state index in [0.29, 0.717) is 30.8 Å². The molecule has 31 heavy (non-hydrogen) atoms. The number of sulfonamides is 1. The van der Waals surface area contributed by atoms with Crippen LogP contribution in [0.5, 0.6) is 0 Å².